The van der Waals surface area contributed by atoms with Crippen molar-refractivity contribution in [2.45, 2.75) is 30.1 Å². The first-order valence-corrected chi connectivity index (χ1v) is 10.1. The van der Waals surface area contributed by atoms with Gasteiger partial charge in [-0.05, 0) is 55.2 Å². The van der Waals surface area contributed by atoms with Gasteiger partial charge in [-0.2, -0.15) is 0 Å². The van der Waals surface area contributed by atoms with Crippen molar-refractivity contribution in [1.82, 2.24) is 0 Å². The molecule has 0 spiro atoms. The number of rotatable bonds is 4. The smallest absolute Gasteiger partial charge is 0.238 e. The maximum absolute atomic E-state index is 13.8. The first-order chi connectivity index (χ1) is 12.7. The predicted molar refractivity (Wildman–Crippen MR) is 99.3 cm³/mol. The normalized spacial score (nSPS) is 16.7. The van der Waals surface area contributed by atoms with E-state index in [1.165, 1.54) is 18.2 Å². The number of aryl methyl sites for hydroxylation is 1. The zero-order valence-corrected chi connectivity index (χ0v) is 15.7. The van der Waals surface area contributed by atoms with Crippen LogP contribution >= 0.6 is 0 Å². The number of hydrogen-bond acceptors (Lipinski definition) is 4. The van der Waals surface area contributed by atoms with Crippen molar-refractivity contribution in [3.05, 3.63) is 59.4 Å². The third-order valence-electron chi connectivity index (χ3n) is 4.91. The van der Waals surface area contributed by atoms with Gasteiger partial charge in [-0.3, -0.25) is 4.79 Å². The van der Waals surface area contributed by atoms with E-state index in [-0.39, 0.29) is 10.8 Å². The summed E-state index contributed by atoms with van der Waals surface area (Å²) in [5.41, 5.74) is 0.424. The minimum atomic E-state index is -3.91. The molecule has 3 N–H and O–H groups in total. The van der Waals surface area contributed by atoms with Gasteiger partial charge in [-0.15, -0.1) is 0 Å². The van der Waals surface area contributed by atoms with Gasteiger partial charge in [0.2, 0.25) is 15.9 Å². The van der Waals surface area contributed by atoms with Gasteiger partial charge in [0.1, 0.15) is 5.82 Å². The molecule has 0 aromatic heterocycles. The molecule has 2 aromatic rings. The average Bonchev–Trinajstić information content (AvgIpc) is 2.63. The first-order valence-electron chi connectivity index (χ1n) is 8.51. The summed E-state index contributed by atoms with van der Waals surface area (Å²) in [7, 11) is -3.91. The van der Waals surface area contributed by atoms with Crippen molar-refractivity contribution in [2.24, 2.45) is 5.14 Å². The fourth-order valence-electron chi connectivity index (χ4n) is 3.39. The van der Waals surface area contributed by atoms with Gasteiger partial charge in [0.05, 0.1) is 10.3 Å². The van der Waals surface area contributed by atoms with E-state index in [0.717, 1.165) is 0 Å². The molecule has 8 heteroatoms. The Kier molecular flexibility index (Phi) is 5.32. The average molecular weight is 392 g/mol. The Labute approximate surface area is 157 Å². The number of amides is 1. The van der Waals surface area contributed by atoms with Crippen molar-refractivity contribution >= 4 is 21.6 Å². The molecule has 0 atom stereocenters. The topological polar surface area (TPSA) is 98.5 Å². The van der Waals surface area contributed by atoms with E-state index in [2.05, 4.69) is 5.32 Å². The van der Waals surface area contributed by atoms with Crippen molar-refractivity contribution in [1.29, 1.82) is 0 Å². The summed E-state index contributed by atoms with van der Waals surface area (Å²) in [6, 6.07) is 10.5. The number of carbonyl (C=O) groups is 1. The molecule has 1 heterocycles. The van der Waals surface area contributed by atoms with Gasteiger partial charge < -0.3 is 10.1 Å². The van der Waals surface area contributed by atoms with E-state index in [4.69, 9.17) is 9.88 Å². The molecular formula is C19H21FN2O4S. The van der Waals surface area contributed by atoms with Crippen LogP contribution in [0.5, 0.6) is 0 Å². The van der Waals surface area contributed by atoms with E-state index in [1.54, 1.807) is 31.2 Å². The van der Waals surface area contributed by atoms with Crippen LogP contribution in [0.2, 0.25) is 0 Å². The number of sulfonamides is 1. The lowest BCUT2D eigenvalue weighted by atomic mass is 9.73. The number of carbonyl (C=O) groups excluding carboxylic acids is 1. The van der Waals surface area contributed by atoms with Crippen LogP contribution in [0.4, 0.5) is 10.1 Å². The highest BCUT2D eigenvalue weighted by Crippen LogP contribution is 2.36. The highest BCUT2D eigenvalue weighted by atomic mass is 32.2. The minimum absolute atomic E-state index is 0.0490. The van der Waals surface area contributed by atoms with E-state index in [9.17, 15) is 17.6 Å². The van der Waals surface area contributed by atoms with Crippen LogP contribution in [-0.4, -0.2) is 27.5 Å². The van der Waals surface area contributed by atoms with Gasteiger partial charge in [0, 0.05) is 18.9 Å². The minimum Gasteiger partial charge on any atom is -0.381 e. The maximum Gasteiger partial charge on any atom is 0.238 e. The summed E-state index contributed by atoms with van der Waals surface area (Å²) >= 11 is 0. The predicted octanol–water partition coefficient (Wildman–Crippen LogP) is 2.47. The van der Waals surface area contributed by atoms with Crippen molar-refractivity contribution in [2.75, 3.05) is 18.5 Å². The molecule has 6 nitrogen and oxygen atoms in total. The lowest BCUT2D eigenvalue weighted by Crippen LogP contribution is -2.45. The molecule has 0 radical (unpaired) electrons. The van der Waals surface area contributed by atoms with Gasteiger partial charge in [-0.25, -0.2) is 17.9 Å². The number of anilines is 1. The third-order valence-corrected chi connectivity index (χ3v) is 5.96. The largest absolute Gasteiger partial charge is 0.381 e. The molecule has 144 valence electrons. The summed E-state index contributed by atoms with van der Waals surface area (Å²) in [6.07, 6.45) is 0.798. The number of nitrogens with two attached hydrogens (primary N) is 1. The fourth-order valence-corrected chi connectivity index (χ4v) is 4.20. The molecule has 1 fully saturated rings. The first kappa shape index (κ1) is 19.5. The molecule has 3 rings (SSSR count). The molecule has 1 aliphatic heterocycles. The number of primary sulfonamides is 1. The van der Waals surface area contributed by atoms with Crippen molar-refractivity contribution in [3.63, 3.8) is 0 Å². The zero-order valence-electron chi connectivity index (χ0n) is 14.9. The summed E-state index contributed by atoms with van der Waals surface area (Å²) in [5.74, 6) is -0.751. The lowest BCUT2D eigenvalue weighted by molar-refractivity contribution is -0.125. The standard InChI is InChI=1S/C19H21FN2O4S/c1-13-5-6-16(12-17(13)27(21,24)25)22-18(23)19(7-9-26-10-8-19)14-3-2-4-15(20)11-14/h2-6,11-12H,7-10H2,1H3,(H,22,23)(H2,21,24,25). The van der Waals surface area contributed by atoms with Gasteiger partial charge >= 0.3 is 0 Å². The molecule has 0 bridgehead atoms. The molecule has 0 aliphatic carbocycles. The van der Waals surface area contributed by atoms with Crippen LogP contribution in [0.25, 0.3) is 0 Å². The van der Waals surface area contributed by atoms with Crippen molar-refractivity contribution < 1.29 is 22.3 Å². The molecule has 1 aliphatic rings. The Morgan fingerprint density at radius 2 is 1.89 bits per heavy atom. The number of halogens is 1. The number of nitrogens with one attached hydrogen (secondary N) is 1. The van der Waals surface area contributed by atoms with Gasteiger partial charge in [0.25, 0.3) is 0 Å². The zero-order chi connectivity index (χ0) is 19.7. The summed E-state index contributed by atoms with van der Waals surface area (Å²) in [6.45, 7) is 2.37. The van der Waals surface area contributed by atoms with Crippen LogP contribution in [-0.2, 0) is 25.0 Å². The van der Waals surface area contributed by atoms with E-state index in [0.29, 0.717) is 42.9 Å². The second-order valence-electron chi connectivity index (χ2n) is 6.68. The Morgan fingerprint density at radius 1 is 1.19 bits per heavy atom. The maximum atomic E-state index is 13.8. The molecule has 2 aromatic carbocycles. The molecule has 1 amide bonds. The van der Waals surface area contributed by atoms with Crippen LogP contribution in [0, 0.1) is 12.7 Å². The van der Waals surface area contributed by atoms with Crippen LogP contribution < -0.4 is 10.5 Å². The number of benzene rings is 2. The Balaban J connectivity index is 1.97. The number of ether oxygens (including phenoxy) is 1. The Morgan fingerprint density at radius 3 is 2.52 bits per heavy atom. The summed E-state index contributed by atoms with van der Waals surface area (Å²) < 4.78 is 42.6. The lowest BCUT2D eigenvalue weighted by Gasteiger charge is -2.36. The van der Waals surface area contributed by atoms with Crippen LogP contribution in [0.15, 0.2) is 47.4 Å². The second kappa shape index (κ2) is 7.38. The highest BCUT2D eigenvalue weighted by Gasteiger charge is 2.42. The molecule has 0 unspecified atom stereocenters. The van der Waals surface area contributed by atoms with Gasteiger partial charge in [0.15, 0.2) is 0 Å². The molecule has 1 saturated heterocycles. The quantitative estimate of drug-likeness (QED) is 0.835. The molecule has 0 saturated carbocycles. The van der Waals surface area contributed by atoms with E-state index in [1.807, 2.05) is 0 Å². The summed E-state index contributed by atoms with van der Waals surface area (Å²) in [4.78, 5) is 13.1. The summed E-state index contributed by atoms with van der Waals surface area (Å²) in [5, 5.41) is 8.01. The van der Waals surface area contributed by atoms with Crippen LogP contribution in [0.3, 0.4) is 0 Å². The fraction of sp³-hybridized carbons (Fsp3) is 0.316. The SMILES string of the molecule is Cc1ccc(NC(=O)C2(c3cccc(F)c3)CCOCC2)cc1S(N)(=O)=O. The highest BCUT2D eigenvalue weighted by molar-refractivity contribution is 7.89. The van der Waals surface area contributed by atoms with E-state index < -0.39 is 21.3 Å². The second-order valence-corrected chi connectivity index (χ2v) is 8.21. The van der Waals surface area contributed by atoms with Crippen molar-refractivity contribution in [3.8, 4) is 0 Å². The third kappa shape index (κ3) is 4.02. The van der Waals surface area contributed by atoms with Gasteiger partial charge in [-0.1, -0.05) is 18.2 Å². The Hall–Kier alpha value is -2.29. The van der Waals surface area contributed by atoms with E-state index >= 15 is 0 Å². The monoisotopic (exact) mass is 392 g/mol. The van der Waals surface area contributed by atoms with Crippen LogP contribution in [0.1, 0.15) is 24.0 Å². The Bertz CT molecular complexity index is 969. The molecule has 27 heavy (non-hydrogen) atoms. The molecular weight excluding hydrogens is 371 g/mol. The number of hydrogen-bond donors (Lipinski definition) is 2.